The zero-order valence-electron chi connectivity index (χ0n) is 15.6. The van der Waals surface area contributed by atoms with Gasteiger partial charge in [-0.3, -0.25) is 4.79 Å². The van der Waals surface area contributed by atoms with E-state index in [1.807, 2.05) is 49.4 Å². The molecule has 2 aromatic carbocycles. The topological polar surface area (TPSA) is 59.4 Å². The fourth-order valence-corrected chi connectivity index (χ4v) is 3.54. The second-order valence-corrected chi connectivity index (χ2v) is 7.55. The molecule has 0 unspecified atom stereocenters. The van der Waals surface area contributed by atoms with Crippen molar-refractivity contribution >= 4 is 33.2 Å². The quantitative estimate of drug-likeness (QED) is 0.664. The van der Waals surface area contributed by atoms with E-state index in [9.17, 15) is 4.79 Å². The third kappa shape index (κ3) is 3.95. The van der Waals surface area contributed by atoms with Gasteiger partial charge < -0.3 is 15.0 Å². The van der Waals surface area contributed by atoms with Gasteiger partial charge in [0, 0.05) is 28.9 Å². The van der Waals surface area contributed by atoms with Crippen LogP contribution in [0, 0.1) is 6.92 Å². The summed E-state index contributed by atoms with van der Waals surface area (Å²) in [5.74, 6) is -0.167. The minimum Gasteiger partial charge on any atom is -0.378 e. The Morgan fingerprint density at radius 2 is 1.86 bits per heavy atom. The van der Waals surface area contributed by atoms with Crippen molar-refractivity contribution in [1.82, 2.24) is 9.78 Å². The molecule has 3 aromatic rings. The summed E-state index contributed by atoms with van der Waals surface area (Å²) in [7, 11) is 0. The van der Waals surface area contributed by atoms with E-state index in [-0.39, 0.29) is 5.91 Å². The number of morpholine rings is 1. The van der Waals surface area contributed by atoms with Gasteiger partial charge in [0.1, 0.15) is 0 Å². The number of amides is 1. The number of aromatic nitrogens is 2. The van der Waals surface area contributed by atoms with Crippen molar-refractivity contribution in [1.29, 1.82) is 0 Å². The Kier molecular flexibility index (Phi) is 5.45. The lowest BCUT2D eigenvalue weighted by molar-refractivity contribution is 0.102. The van der Waals surface area contributed by atoms with E-state index in [4.69, 9.17) is 4.74 Å². The number of benzene rings is 2. The normalized spacial score (nSPS) is 14.1. The van der Waals surface area contributed by atoms with E-state index in [2.05, 4.69) is 37.3 Å². The van der Waals surface area contributed by atoms with Crippen LogP contribution in [0.4, 0.5) is 11.4 Å². The van der Waals surface area contributed by atoms with Gasteiger partial charge in [-0.1, -0.05) is 22.0 Å². The molecule has 0 radical (unpaired) electrons. The van der Waals surface area contributed by atoms with Gasteiger partial charge in [0.05, 0.1) is 36.4 Å². The maximum absolute atomic E-state index is 12.8. The van der Waals surface area contributed by atoms with Crippen molar-refractivity contribution in [2.24, 2.45) is 0 Å². The number of halogens is 1. The van der Waals surface area contributed by atoms with Gasteiger partial charge in [-0.15, -0.1) is 0 Å². The SMILES string of the molecule is Cc1c(C(=O)Nc2cccc(N3CCOCC3)c2)cnn1-c1ccc(Br)cc1. The van der Waals surface area contributed by atoms with Crippen LogP contribution in [0.5, 0.6) is 0 Å². The number of carbonyl (C=O) groups is 1. The van der Waals surface area contributed by atoms with Crippen molar-refractivity contribution < 1.29 is 9.53 Å². The first kappa shape index (κ1) is 18.7. The first-order valence-electron chi connectivity index (χ1n) is 9.16. The minimum atomic E-state index is -0.167. The van der Waals surface area contributed by atoms with Crippen LogP contribution in [0.15, 0.2) is 59.2 Å². The summed E-state index contributed by atoms with van der Waals surface area (Å²) in [5, 5.41) is 7.38. The number of rotatable bonds is 4. The van der Waals surface area contributed by atoms with E-state index in [1.165, 1.54) is 0 Å². The minimum absolute atomic E-state index is 0.167. The summed E-state index contributed by atoms with van der Waals surface area (Å²) < 4.78 is 8.18. The molecule has 28 heavy (non-hydrogen) atoms. The summed E-state index contributed by atoms with van der Waals surface area (Å²) in [6, 6.07) is 15.7. The van der Waals surface area contributed by atoms with Crippen molar-refractivity contribution in [2.45, 2.75) is 6.92 Å². The maximum Gasteiger partial charge on any atom is 0.259 e. The smallest absolute Gasteiger partial charge is 0.259 e. The third-order valence-electron chi connectivity index (χ3n) is 4.81. The van der Waals surface area contributed by atoms with Gasteiger partial charge in [0.25, 0.3) is 5.91 Å². The van der Waals surface area contributed by atoms with Crippen molar-refractivity contribution in [3.8, 4) is 5.69 Å². The second kappa shape index (κ2) is 8.16. The lowest BCUT2D eigenvalue weighted by atomic mass is 10.2. The number of hydrogen-bond donors (Lipinski definition) is 1. The zero-order chi connectivity index (χ0) is 19.5. The standard InChI is InChI=1S/C21H21BrN4O2/c1-15-20(14-23-26(15)18-7-5-16(22)6-8-18)21(27)24-17-3-2-4-19(13-17)25-9-11-28-12-10-25/h2-8,13-14H,9-12H2,1H3,(H,24,27). The Labute approximate surface area is 172 Å². The van der Waals surface area contributed by atoms with Crippen LogP contribution in [0.3, 0.4) is 0 Å². The average Bonchev–Trinajstić information content (AvgIpc) is 3.11. The van der Waals surface area contributed by atoms with Gasteiger partial charge in [0.2, 0.25) is 0 Å². The Balaban J connectivity index is 1.52. The summed E-state index contributed by atoms with van der Waals surface area (Å²) >= 11 is 3.43. The number of anilines is 2. The first-order valence-corrected chi connectivity index (χ1v) is 9.96. The summed E-state index contributed by atoms with van der Waals surface area (Å²) in [4.78, 5) is 15.1. The van der Waals surface area contributed by atoms with E-state index in [1.54, 1.807) is 10.9 Å². The molecule has 1 saturated heterocycles. The number of ether oxygens (including phenoxy) is 1. The number of hydrogen-bond acceptors (Lipinski definition) is 4. The molecule has 1 N–H and O–H groups in total. The summed E-state index contributed by atoms with van der Waals surface area (Å²) in [6.45, 7) is 5.07. The molecule has 1 aromatic heterocycles. The molecular formula is C21H21BrN4O2. The van der Waals surface area contributed by atoms with Crippen LogP contribution >= 0.6 is 15.9 Å². The molecule has 1 aliphatic heterocycles. The number of nitrogens with one attached hydrogen (secondary N) is 1. The van der Waals surface area contributed by atoms with Gasteiger partial charge >= 0.3 is 0 Å². The van der Waals surface area contributed by atoms with E-state index in [0.29, 0.717) is 5.56 Å². The van der Waals surface area contributed by atoms with Gasteiger partial charge in [-0.25, -0.2) is 4.68 Å². The highest BCUT2D eigenvalue weighted by molar-refractivity contribution is 9.10. The highest BCUT2D eigenvalue weighted by Gasteiger charge is 2.16. The molecule has 1 aliphatic rings. The lowest BCUT2D eigenvalue weighted by Crippen LogP contribution is -2.36. The molecular weight excluding hydrogens is 420 g/mol. The van der Waals surface area contributed by atoms with E-state index < -0.39 is 0 Å². The molecule has 7 heteroatoms. The Bertz CT molecular complexity index is 978. The monoisotopic (exact) mass is 440 g/mol. The first-order chi connectivity index (χ1) is 13.6. The molecule has 0 aliphatic carbocycles. The van der Waals surface area contributed by atoms with Crippen LogP contribution in [0.1, 0.15) is 16.1 Å². The number of nitrogens with zero attached hydrogens (tertiary/aromatic N) is 3. The summed E-state index contributed by atoms with van der Waals surface area (Å²) in [6.07, 6.45) is 1.61. The molecule has 4 rings (SSSR count). The maximum atomic E-state index is 12.8. The fraction of sp³-hybridized carbons (Fsp3) is 0.238. The Morgan fingerprint density at radius 3 is 2.61 bits per heavy atom. The van der Waals surface area contributed by atoms with Crippen LogP contribution in [0.25, 0.3) is 5.69 Å². The van der Waals surface area contributed by atoms with Crippen LogP contribution in [0.2, 0.25) is 0 Å². The predicted molar refractivity (Wildman–Crippen MR) is 113 cm³/mol. The molecule has 144 valence electrons. The highest BCUT2D eigenvalue weighted by atomic mass is 79.9. The molecule has 1 fully saturated rings. The van der Waals surface area contributed by atoms with Gasteiger partial charge in [0.15, 0.2) is 0 Å². The average molecular weight is 441 g/mol. The largest absolute Gasteiger partial charge is 0.378 e. The number of carbonyl (C=O) groups excluding carboxylic acids is 1. The van der Waals surface area contributed by atoms with Crippen molar-refractivity contribution in [3.63, 3.8) is 0 Å². The van der Waals surface area contributed by atoms with Crippen LogP contribution in [-0.2, 0) is 4.74 Å². The van der Waals surface area contributed by atoms with Crippen LogP contribution in [-0.4, -0.2) is 42.0 Å². The Hall–Kier alpha value is -2.64. The molecule has 0 atom stereocenters. The molecule has 1 amide bonds. The van der Waals surface area contributed by atoms with Crippen molar-refractivity contribution in [2.75, 3.05) is 36.5 Å². The van der Waals surface area contributed by atoms with E-state index >= 15 is 0 Å². The zero-order valence-corrected chi connectivity index (χ0v) is 17.1. The third-order valence-corrected chi connectivity index (χ3v) is 5.33. The molecule has 6 nitrogen and oxygen atoms in total. The lowest BCUT2D eigenvalue weighted by Gasteiger charge is -2.29. The molecule has 0 spiro atoms. The second-order valence-electron chi connectivity index (χ2n) is 6.64. The van der Waals surface area contributed by atoms with E-state index in [0.717, 1.165) is 53.5 Å². The molecule has 2 heterocycles. The van der Waals surface area contributed by atoms with Gasteiger partial charge in [-0.2, -0.15) is 5.10 Å². The van der Waals surface area contributed by atoms with Gasteiger partial charge in [-0.05, 0) is 49.4 Å². The Morgan fingerprint density at radius 1 is 1.11 bits per heavy atom. The predicted octanol–water partition coefficient (Wildman–Crippen LogP) is 4.03. The fourth-order valence-electron chi connectivity index (χ4n) is 3.28. The highest BCUT2D eigenvalue weighted by Crippen LogP contribution is 2.22. The molecule has 0 saturated carbocycles. The van der Waals surface area contributed by atoms with Crippen molar-refractivity contribution in [3.05, 3.63) is 70.5 Å². The summed E-state index contributed by atoms with van der Waals surface area (Å²) in [5.41, 5.74) is 4.12. The molecule has 0 bridgehead atoms. The van der Waals surface area contributed by atoms with Crippen LogP contribution < -0.4 is 10.2 Å².